The Hall–Kier alpha value is -4.06. The zero-order valence-electron chi connectivity index (χ0n) is 20.4. The molecule has 0 radical (unpaired) electrons. The lowest BCUT2D eigenvalue weighted by atomic mass is 9.97. The molecule has 0 bridgehead atoms. The molecule has 3 aromatic rings. The highest BCUT2D eigenvalue weighted by Gasteiger charge is 2.42. The summed E-state index contributed by atoms with van der Waals surface area (Å²) in [6.07, 6.45) is 0. The third kappa shape index (κ3) is 4.15. The number of aryl methyl sites for hydroxylation is 3. The Morgan fingerprint density at radius 1 is 0.824 bits per heavy atom. The van der Waals surface area contributed by atoms with Crippen LogP contribution >= 0.6 is 0 Å². The molecule has 0 aliphatic carbocycles. The molecule has 0 saturated heterocycles. The van der Waals surface area contributed by atoms with Gasteiger partial charge in [0.25, 0.3) is 11.8 Å². The average molecular weight is 456 g/mol. The normalized spacial score (nSPS) is 13.5. The van der Waals surface area contributed by atoms with E-state index in [1.54, 1.807) is 12.1 Å². The molecular formula is C28H29N3O3. The van der Waals surface area contributed by atoms with E-state index in [2.05, 4.69) is 5.32 Å². The first-order valence-corrected chi connectivity index (χ1v) is 11.1. The summed E-state index contributed by atoms with van der Waals surface area (Å²) in [4.78, 5) is 30.8. The summed E-state index contributed by atoms with van der Waals surface area (Å²) in [5.41, 5.74) is 6.45. The fourth-order valence-corrected chi connectivity index (χ4v) is 4.17. The molecular weight excluding hydrogens is 426 g/mol. The van der Waals surface area contributed by atoms with Crippen LogP contribution in [0.3, 0.4) is 0 Å². The monoisotopic (exact) mass is 455 g/mol. The Bertz CT molecular complexity index is 1310. The summed E-state index contributed by atoms with van der Waals surface area (Å²) < 4.78 is 5.49. The van der Waals surface area contributed by atoms with Gasteiger partial charge in [-0.3, -0.25) is 9.59 Å². The van der Waals surface area contributed by atoms with Gasteiger partial charge in [0.2, 0.25) is 0 Å². The lowest BCUT2D eigenvalue weighted by Gasteiger charge is -2.19. The van der Waals surface area contributed by atoms with E-state index in [0.29, 0.717) is 17.0 Å². The molecule has 0 saturated carbocycles. The van der Waals surface area contributed by atoms with Crippen molar-refractivity contribution in [3.63, 3.8) is 0 Å². The van der Waals surface area contributed by atoms with E-state index >= 15 is 0 Å². The van der Waals surface area contributed by atoms with E-state index in [4.69, 9.17) is 4.74 Å². The molecule has 4 rings (SSSR count). The number of hydrogen-bond donors (Lipinski definition) is 1. The second-order valence-corrected chi connectivity index (χ2v) is 8.76. The largest absolute Gasteiger partial charge is 0.495 e. The summed E-state index contributed by atoms with van der Waals surface area (Å²) in [7, 11) is 5.47. The number of amides is 2. The van der Waals surface area contributed by atoms with Crippen LogP contribution in [0, 0.1) is 20.8 Å². The molecule has 34 heavy (non-hydrogen) atoms. The number of hydrogen-bond acceptors (Lipinski definition) is 5. The zero-order valence-corrected chi connectivity index (χ0v) is 20.4. The topological polar surface area (TPSA) is 61.9 Å². The SMILES string of the molecule is COc1ccc(C)cc1N1C(=O)C(Nc2ccc(N(C)C)cc2)=C(c2ccc(C)cc2C)C1=O. The number of carbonyl (C=O) groups is 2. The van der Waals surface area contributed by atoms with Crippen LogP contribution in [0.1, 0.15) is 22.3 Å². The fourth-order valence-electron chi connectivity index (χ4n) is 4.17. The third-order valence-electron chi connectivity index (χ3n) is 5.96. The minimum atomic E-state index is -0.416. The standard InChI is InChI=1S/C28H29N3O3/c1-17-7-13-22(19(3)15-17)25-26(29-20-9-11-21(12-10-20)30(4)5)28(33)31(27(25)32)23-16-18(2)8-14-24(23)34-6/h7-16,29H,1-6H3. The van der Waals surface area contributed by atoms with Crippen LogP contribution in [0.4, 0.5) is 17.1 Å². The van der Waals surface area contributed by atoms with E-state index in [1.165, 1.54) is 12.0 Å². The van der Waals surface area contributed by atoms with Crippen molar-refractivity contribution < 1.29 is 14.3 Å². The van der Waals surface area contributed by atoms with Crippen molar-refractivity contribution in [3.8, 4) is 5.75 Å². The minimum absolute atomic E-state index is 0.248. The molecule has 174 valence electrons. The van der Waals surface area contributed by atoms with Gasteiger partial charge in [-0.15, -0.1) is 0 Å². The van der Waals surface area contributed by atoms with Crippen LogP contribution in [0.2, 0.25) is 0 Å². The molecule has 6 heteroatoms. The van der Waals surface area contributed by atoms with Crippen LogP contribution in [-0.4, -0.2) is 33.0 Å². The first kappa shape index (κ1) is 23.1. The maximum Gasteiger partial charge on any atom is 0.282 e. The van der Waals surface area contributed by atoms with Gasteiger partial charge in [-0.25, -0.2) is 4.90 Å². The maximum absolute atomic E-state index is 13.8. The molecule has 2 amide bonds. The highest BCUT2D eigenvalue weighted by molar-refractivity contribution is 6.46. The second-order valence-electron chi connectivity index (χ2n) is 8.76. The van der Waals surface area contributed by atoms with Gasteiger partial charge in [0.15, 0.2) is 0 Å². The van der Waals surface area contributed by atoms with Gasteiger partial charge in [-0.2, -0.15) is 0 Å². The average Bonchev–Trinajstić information content (AvgIpc) is 3.03. The summed E-state index contributed by atoms with van der Waals surface area (Å²) in [5.74, 6) is -0.335. The van der Waals surface area contributed by atoms with E-state index in [-0.39, 0.29) is 11.6 Å². The number of benzene rings is 3. The highest BCUT2D eigenvalue weighted by atomic mass is 16.5. The Balaban J connectivity index is 1.85. The quantitative estimate of drug-likeness (QED) is 0.525. The summed E-state index contributed by atoms with van der Waals surface area (Å²) >= 11 is 0. The van der Waals surface area contributed by atoms with Crippen molar-refractivity contribution in [1.82, 2.24) is 0 Å². The zero-order chi connectivity index (χ0) is 24.6. The molecule has 1 heterocycles. The number of carbonyl (C=O) groups excluding carboxylic acids is 2. The third-order valence-corrected chi connectivity index (χ3v) is 5.96. The second kappa shape index (κ2) is 9.06. The Labute approximate surface area is 200 Å². The summed E-state index contributed by atoms with van der Waals surface area (Å²) in [6.45, 7) is 5.87. The molecule has 6 nitrogen and oxygen atoms in total. The summed E-state index contributed by atoms with van der Waals surface area (Å²) in [6, 6.07) is 19.0. The Morgan fingerprint density at radius 2 is 1.47 bits per heavy atom. The molecule has 0 fully saturated rings. The smallest absolute Gasteiger partial charge is 0.282 e. The highest BCUT2D eigenvalue weighted by Crippen LogP contribution is 2.39. The first-order chi connectivity index (χ1) is 16.2. The number of methoxy groups -OCH3 is 1. The number of ether oxygens (including phenoxy) is 1. The van der Waals surface area contributed by atoms with Gasteiger partial charge < -0.3 is 15.0 Å². The van der Waals surface area contributed by atoms with E-state index in [1.807, 2.05) is 88.3 Å². The number of nitrogens with zero attached hydrogens (tertiary/aromatic N) is 2. The lowest BCUT2D eigenvalue weighted by Crippen LogP contribution is -2.32. The molecule has 1 aliphatic heterocycles. The van der Waals surface area contributed by atoms with Gasteiger partial charge in [0.05, 0.1) is 18.4 Å². The molecule has 0 atom stereocenters. The van der Waals surface area contributed by atoms with E-state index in [0.717, 1.165) is 33.6 Å². The number of rotatable bonds is 6. The van der Waals surface area contributed by atoms with Crippen LogP contribution in [-0.2, 0) is 9.59 Å². The van der Waals surface area contributed by atoms with Crippen LogP contribution in [0.5, 0.6) is 5.75 Å². The maximum atomic E-state index is 13.8. The molecule has 0 aromatic heterocycles. The molecule has 0 unspecified atom stereocenters. The number of nitrogens with one attached hydrogen (secondary N) is 1. The Morgan fingerprint density at radius 3 is 2.09 bits per heavy atom. The van der Waals surface area contributed by atoms with Gasteiger partial charge >= 0.3 is 0 Å². The van der Waals surface area contributed by atoms with Crippen molar-refractivity contribution >= 4 is 34.4 Å². The van der Waals surface area contributed by atoms with Gasteiger partial charge in [0.1, 0.15) is 11.4 Å². The van der Waals surface area contributed by atoms with Crippen molar-refractivity contribution in [2.45, 2.75) is 20.8 Å². The Kier molecular flexibility index (Phi) is 6.16. The van der Waals surface area contributed by atoms with Crippen molar-refractivity contribution in [1.29, 1.82) is 0 Å². The number of anilines is 3. The van der Waals surface area contributed by atoms with Crippen LogP contribution in [0.25, 0.3) is 5.57 Å². The molecule has 3 aromatic carbocycles. The van der Waals surface area contributed by atoms with Crippen molar-refractivity contribution in [2.24, 2.45) is 0 Å². The van der Waals surface area contributed by atoms with Crippen molar-refractivity contribution in [3.05, 3.63) is 88.6 Å². The van der Waals surface area contributed by atoms with Gasteiger partial charge in [-0.1, -0.05) is 29.8 Å². The minimum Gasteiger partial charge on any atom is -0.495 e. The molecule has 1 aliphatic rings. The summed E-state index contributed by atoms with van der Waals surface area (Å²) in [5, 5.41) is 3.24. The van der Waals surface area contributed by atoms with E-state index in [9.17, 15) is 9.59 Å². The van der Waals surface area contributed by atoms with E-state index < -0.39 is 5.91 Å². The van der Waals surface area contributed by atoms with Crippen LogP contribution in [0.15, 0.2) is 66.4 Å². The fraction of sp³-hybridized carbons (Fsp3) is 0.214. The number of imide groups is 1. The van der Waals surface area contributed by atoms with Gasteiger partial charge in [-0.05, 0) is 73.9 Å². The van der Waals surface area contributed by atoms with Crippen molar-refractivity contribution in [2.75, 3.05) is 36.3 Å². The molecule has 1 N–H and O–H groups in total. The predicted octanol–water partition coefficient (Wildman–Crippen LogP) is 5.08. The molecule has 0 spiro atoms. The predicted molar refractivity (Wildman–Crippen MR) is 137 cm³/mol. The lowest BCUT2D eigenvalue weighted by molar-refractivity contribution is -0.120. The first-order valence-electron chi connectivity index (χ1n) is 11.1. The van der Waals surface area contributed by atoms with Crippen LogP contribution < -0.4 is 19.9 Å². The van der Waals surface area contributed by atoms with Gasteiger partial charge in [0, 0.05) is 25.5 Å².